The van der Waals surface area contributed by atoms with Gasteiger partial charge in [-0.15, -0.1) is 0 Å². The van der Waals surface area contributed by atoms with Crippen LogP contribution in [0.3, 0.4) is 0 Å². The largest absolute Gasteiger partial charge is 0.493 e. The van der Waals surface area contributed by atoms with E-state index in [0.717, 1.165) is 23.3 Å². The average Bonchev–Trinajstić information content (AvgIpc) is 3.16. The molecule has 3 aromatic rings. The monoisotopic (exact) mass is 411 g/mol. The number of carbonyl (C=O) groups excluding carboxylic acids is 1. The first-order valence-electron chi connectivity index (χ1n) is 9.78. The predicted molar refractivity (Wildman–Crippen MR) is 117 cm³/mol. The van der Waals surface area contributed by atoms with E-state index in [1.165, 1.54) is 31.0 Å². The zero-order valence-corrected chi connectivity index (χ0v) is 17.3. The molecule has 0 unspecified atom stereocenters. The third-order valence-corrected chi connectivity index (χ3v) is 5.00. The number of para-hydroxylation sites is 3. The van der Waals surface area contributed by atoms with Gasteiger partial charge in [0.15, 0.2) is 5.58 Å². The highest BCUT2D eigenvalue weighted by molar-refractivity contribution is 7.99. The molecule has 0 saturated heterocycles. The van der Waals surface area contributed by atoms with E-state index in [4.69, 9.17) is 9.15 Å². The molecule has 0 spiro atoms. The van der Waals surface area contributed by atoms with Gasteiger partial charge in [0, 0.05) is 5.56 Å². The number of aromatic nitrogens is 1. The van der Waals surface area contributed by atoms with Gasteiger partial charge in [-0.05, 0) is 30.7 Å². The number of carbonyl (C=O) groups is 1. The summed E-state index contributed by atoms with van der Waals surface area (Å²) in [5.74, 6) is 0.703. The number of ether oxygens (including phenoxy) is 1. The zero-order chi connectivity index (χ0) is 20.3. The van der Waals surface area contributed by atoms with Crippen molar-refractivity contribution in [3.63, 3.8) is 0 Å². The lowest BCUT2D eigenvalue weighted by atomic mass is 10.2. The number of hydrogen-bond donors (Lipinski definition) is 1. The Morgan fingerprint density at radius 2 is 2.00 bits per heavy atom. The molecule has 3 rings (SSSR count). The quantitative estimate of drug-likeness (QED) is 0.207. The van der Waals surface area contributed by atoms with E-state index in [9.17, 15) is 4.79 Å². The molecular weight excluding hydrogens is 386 g/mol. The van der Waals surface area contributed by atoms with Crippen LogP contribution < -0.4 is 10.2 Å². The van der Waals surface area contributed by atoms with Gasteiger partial charge in [-0.25, -0.2) is 10.4 Å². The molecule has 0 bridgehead atoms. The molecule has 0 aliphatic heterocycles. The number of fused-ring (bicyclic) bond motifs is 1. The van der Waals surface area contributed by atoms with Crippen molar-refractivity contribution in [2.45, 2.75) is 37.8 Å². The highest BCUT2D eigenvalue weighted by Gasteiger charge is 2.08. The van der Waals surface area contributed by atoms with Crippen molar-refractivity contribution in [2.24, 2.45) is 5.10 Å². The SMILES string of the molecule is CCCCCCOc1ccccc1/C=N/NC(=O)CSc1nc2ccccc2o1. The van der Waals surface area contributed by atoms with Gasteiger partial charge in [0.2, 0.25) is 0 Å². The van der Waals surface area contributed by atoms with Crippen LogP contribution in [0.1, 0.15) is 38.2 Å². The minimum atomic E-state index is -0.230. The summed E-state index contributed by atoms with van der Waals surface area (Å²) in [5, 5.41) is 4.51. The molecule has 2 aromatic carbocycles. The molecular formula is C22H25N3O3S. The van der Waals surface area contributed by atoms with Crippen molar-refractivity contribution in [3.8, 4) is 5.75 Å². The average molecular weight is 412 g/mol. The van der Waals surface area contributed by atoms with Crippen LogP contribution in [0.15, 0.2) is 63.3 Å². The summed E-state index contributed by atoms with van der Waals surface area (Å²) >= 11 is 1.23. The van der Waals surface area contributed by atoms with Crippen LogP contribution in [-0.2, 0) is 4.79 Å². The minimum Gasteiger partial charge on any atom is -0.493 e. The highest BCUT2D eigenvalue weighted by atomic mass is 32.2. The van der Waals surface area contributed by atoms with Gasteiger partial charge < -0.3 is 9.15 Å². The van der Waals surface area contributed by atoms with E-state index in [1.54, 1.807) is 6.21 Å². The number of rotatable bonds is 11. The number of hydrazone groups is 1. The Morgan fingerprint density at radius 1 is 1.17 bits per heavy atom. The normalized spacial score (nSPS) is 11.2. The summed E-state index contributed by atoms with van der Waals surface area (Å²) in [5.41, 5.74) is 4.85. The number of unbranched alkanes of at least 4 members (excludes halogenated alkanes) is 3. The number of nitrogens with zero attached hydrogens (tertiary/aromatic N) is 2. The second-order valence-corrected chi connectivity index (χ2v) is 7.40. The molecule has 152 valence electrons. The van der Waals surface area contributed by atoms with Gasteiger partial charge in [0.1, 0.15) is 11.3 Å². The van der Waals surface area contributed by atoms with Crippen molar-refractivity contribution in [3.05, 3.63) is 54.1 Å². The van der Waals surface area contributed by atoms with Crippen LogP contribution in [0.2, 0.25) is 0 Å². The first kappa shape index (κ1) is 20.9. The van der Waals surface area contributed by atoms with E-state index in [1.807, 2.05) is 48.5 Å². The Kier molecular flexibility index (Phi) is 8.12. The summed E-state index contributed by atoms with van der Waals surface area (Å²) in [7, 11) is 0. The molecule has 0 atom stereocenters. The van der Waals surface area contributed by atoms with Crippen LogP contribution in [0.5, 0.6) is 5.75 Å². The fourth-order valence-electron chi connectivity index (χ4n) is 2.68. The van der Waals surface area contributed by atoms with Crippen molar-refractivity contribution < 1.29 is 13.9 Å². The maximum atomic E-state index is 12.0. The lowest BCUT2D eigenvalue weighted by Gasteiger charge is -2.08. The Labute approximate surface area is 174 Å². The number of oxazole rings is 1. The summed E-state index contributed by atoms with van der Waals surface area (Å²) in [6.45, 7) is 2.87. The van der Waals surface area contributed by atoms with Gasteiger partial charge in [-0.2, -0.15) is 5.10 Å². The van der Waals surface area contributed by atoms with Gasteiger partial charge in [-0.1, -0.05) is 62.2 Å². The Balaban J connectivity index is 1.45. The second kappa shape index (κ2) is 11.3. The van der Waals surface area contributed by atoms with Gasteiger partial charge in [0.05, 0.1) is 18.6 Å². The van der Waals surface area contributed by atoms with E-state index in [-0.39, 0.29) is 11.7 Å². The van der Waals surface area contributed by atoms with E-state index in [2.05, 4.69) is 22.4 Å². The number of hydrogen-bond acceptors (Lipinski definition) is 6. The standard InChI is InChI=1S/C22H25N3O3S/c1-2-3-4-9-14-27-19-12-7-5-10-17(19)15-23-25-21(26)16-29-22-24-18-11-6-8-13-20(18)28-22/h5-8,10-13,15H,2-4,9,14,16H2,1H3,(H,25,26)/b23-15+. The number of thioether (sulfide) groups is 1. The van der Waals surface area contributed by atoms with Crippen LogP contribution in [0.4, 0.5) is 0 Å². The van der Waals surface area contributed by atoms with E-state index >= 15 is 0 Å². The molecule has 1 N–H and O–H groups in total. The smallest absolute Gasteiger partial charge is 0.257 e. The van der Waals surface area contributed by atoms with Crippen molar-refractivity contribution in [2.75, 3.05) is 12.4 Å². The maximum Gasteiger partial charge on any atom is 0.257 e. The third kappa shape index (κ3) is 6.64. The molecule has 6 nitrogen and oxygen atoms in total. The Hall–Kier alpha value is -2.80. The number of benzene rings is 2. The number of nitrogens with one attached hydrogen (secondary N) is 1. The molecule has 29 heavy (non-hydrogen) atoms. The summed E-state index contributed by atoms with van der Waals surface area (Å²) in [6, 6.07) is 15.2. The predicted octanol–water partition coefficient (Wildman–Crippen LogP) is 5.03. The van der Waals surface area contributed by atoms with Crippen molar-refractivity contribution >= 4 is 35.0 Å². The molecule has 7 heteroatoms. The minimum absolute atomic E-state index is 0.166. The summed E-state index contributed by atoms with van der Waals surface area (Å²) in [4.78, 5) is 16.4. The van der Waals surface area contributed by atoms with Crippen LogP contribution in [-0.4, -0.2) is 29.5 Å². The molecule has 0 aliphatic carbocycles. The molecule has 0 fully saturated rings. The summed E-state index contributed by atoms with van der Waals surface area (Å²) < 4.78 is 11.4. The maximum absolute atomic E-state index is 12.0. The lowest BCUT2D eigenvalue weighted by molar-refractivity contribution is -0.118. The first-order valence-corrected chi connectivity index (χ1v) is 10.8. The fourth-order valence-corrected chi connectivity index (χ4v) is 3.31. The molecule has 1 amide bonds. The van der Waals surface area contributed by atoms with Crippen LogP contribution >= 0.6 is 11.8 Å². The Bertz CT molecular complexity index is 922. The summed E-state index contributed by atoms with van der Waals surface area (Å²) in [6.07, 6.45) is 6.22. The molecule has 0 saturated carbocycles. The molecule has 0 aliphatic rings. The van der Waals surface area contributed by atoms with Gasteiger partial charge in [0.25, 0.3) is 11.1 Å². The number of amides is 1. The van der Waals surface area contributed by atoms with Crippen molar-refractivity contribution in [1.82, 2.24) is 10.4 Å². The molecule has 1 aromatic heterocycles. The second-order valence-electron chi connectivity index (χ2n) is 6.48. The zero-order valence-electron chi connectivity index (χ0n) is 16.5. The molecule has 1 heterocycles. The van der Waals surface area contributed by atoms with Crippen LogP contribution in [0.25, 0.3) is 11.1 Å². The van der Waals surface area contributed by atoms with Crippen molar-refractivity contribution in [1.29, 1.82) is 0 Å². The third-order valence-electron chi connectivity index (χ3n) is 4.17. The van der Waals surface area contributed by atoms with E-state index < -0.39 is 0 Å². The van der Waals surface area contributed by atoms with E-state index in [0.29, 0.717) is 17.4 Å². The first-order chi connectivity index (χ1) is 14.3. The lowest BCUT2D eigenvalue weighted by Crippen LogP contribution is -2.19. The van der Waals surface area contributed by atoms with Gasteiger partial charge >= 0.3 is 0 Å². The Morgan fingerprint density at radius 3 is 2.86 bits per heavy atom. The van der Waals surface area contributed by atoms with Crippen LogP contribution in [0, 0.1) is 0 Å². The topological polar surface area (TPSA) is 76.7 Å². The highest BCUT2D eigenvalue weighted by Crippen LogP contribution is 2.22. The fraction of sp³-hybridized carbons (Fsp3) is 0.318. The van der Waals surface area contributed by atoms with Gasteiger partial charge in [-0.3, -0.25) is 4.79 Å². The molecule has 0 radical (unpaired) electrons.